The Kier molecular flexibility index (Phi) is 2.74. The monoisotopic (exact) mass is 265 g/mol. The number of ether oxygens (including phenoxy) is 1. The van der Waals surface area contributed by atoms with E-state index in [1.54, 1.807) is 0 Å². The smallest absolute Gasteiger partial charge is 0.164 e. The van der Waals surface area contributed by atoms with Crippen LogP contribution in [0.3, 0.4) is 0 Å². The number of benzene rings is 1. The van der Waals surface area contributed by atoms with Crippen molar-refractivity contribution in [3.63, 3.8) is 0 Å². The molecule has 0 amide bonds. The van der Waals surface area contributed by atoms with Gasteiger partial charge in [0.15, 0.2) is 5.65 Å². The summed E-state index contributed by atoms with van der Waals surface area (Å²) in [6.07, 6.45) is 4.00. The van der Waals surface area contributed by atoms with Crippen molar-refractivity contribution in [3.05, 3.63) is 54.5 Å². The maximum Gasteiger partial charge on any atom is 0.164 e. The van der Waals surface area contributed by atoms with Gasteiger partial charge in [-0.05, 0) is 37.1 Å². The van der Waals surface area contributed by atoms with E-state index in [-0.39, 0.29) is 6.10 Å². The van der Waals surface area contributed by atoms with Crippen molar-refractivity contribution in [1.82, 2.24) is 14.5 Å². The van der Waals surface area contributed by atoms with E-state index in [0.29, 0.717) is 0 Å². The highest BCUT2D eigenvalue weighted by atomic mass is 16.5. The van der Waals surface area contributed by atoms with Crippen molar-refractivity contribution in [2.75, 3.05) is 6.61 Å². The highest BCUT2D eigenvalue weighted by Gasteiger charge is 2.25. The molecule has 20 heavy (non-hydrogen) atoms. The maximum atomic E-state index is 5.82. The van der Waals surface area contributed by atoms with Crippen molar-refractivity contribution in [1.29, 1.82) is 0 Å². The lowest BCUT2D eigenvalue weighted by Gasteiger charge is -2.12. The van der Waals surface area contributed by atoms with E-state index in [0.717, 1.165) is 42.1 Å². The molecule has 1 saturated heterocycles. The van der Waals surface area contributed by atoms with Gasteiger partial charge >= 0.3 is 0 Å². The summed E-state index contributed by atoms with van der Waals surface area (Å²) in [5.74, 6) is 0.961. The van der Waals surface area contributed by atoms with Crippen LogP contribution < -0.4 is 0 Å². The lowest BCUT2D eigenvalue weighted by atomic mass is 10.2. The first kappa shape index (κ1) is 11.6. The maximum absolute atomic E-state index is 5.82. The molecule has 0 radical (unpaired) electrons. The quantitative estimate of drug-likeness (QED) is 0.714. The predicted molar refractivity (Wildman–Crippen MR) is 76.8 cm³/mol. The highest BCUT2D eigenvalue weighted by molar-refractivity contribution is 5.73. The fourth-order valence-corrected chi connectivity index (χ4v) is 2.76. The molecule has 0 aliphatic carbocycles. The molecule has 2 aromatic heterocycles. The van der Waals surface area contributed by atoms with Crippen molar-refractivity contribution >= 4 is 11.2 Å². The molecule has 4 nitrogen and oxygen atoms in total. The summed E-state index contributed by atoms with van der Waals surface area (Å²) in [5, 5.41) is 0. The zero-order chi connectivity index (χ0) is 13.4. The number of rotatable bonds is 2. The van der Waals surface area contributed by atoms with Crippen molar-refractivity contribution in [2.45, 2.75) is 18.9 Å². The first-order valence-corrected chi connectivity index (χ1v) is 6.94. The average molecular weight is 265 g/mol. The summed E-state index contributed by atoms with van der Waals surface area (Å²) < 4.78 is 7.94. The lowest BCUT2D eigenvalue weighted by molar-refractivity contribution is 0.104. The molecule has 3 aromatic rings. The Morgan fingerprint density at radius 3 is 2.80 bits per heavy atom. The Bertz CT molecular complexity index is 730. The number of para-hydroxylation sites is 1. The zero-order valence-electron chi connectivity index (χ0n) is 11.1. The second kappa shape index (κ2) is 4.72. The van der Waals surface area contributed by atoms with E-state index < -0.39 is 0 Å². The average Bonchev–Trinajstić information content (AvgIpc) is 3.15. The third-order valence-electron chi connectivity index (χ3n) is 3.67. The summed E-state index contributed by atoms with van der Waals surface area (Å²) in [5.41, 5.74) is 2.89. The van der Waals surface area contributed by atoms with E-state index >= 15 is 0 Å². The normalized spacial score (nSPS) is 18.7. The van der Waals surface area contributed by atoms with Crippen LogP contribution in [0.1, 0.15) is 24.8 Å². The second-order valence-electron chi connectivity index (χ2n) is 4.99. The fourth-order valence-electron chi connectivity index (χ4n) is 2.76. The van der Waals surface area contributed by atoms with E-state index in [1.807, 2.05) is 36.5 Å². The minimum Gasteiger partial charge on any atom is -0.370 e. The molecule has 3 heterocycles. The first-order chi connectivity index (χ1) is 9.93. The van der Waals surface area contributed by atoms with Crippen molar-refractivity contribution in [2.24, 2.45) is 0 Å². The van der Waals surface area contributed by atoms with Crippen LogP contribution in [-0.4, -0.2) is 21.1 Å². The Morgan fingerprint density at radius 2 is 2.00 bits per heavy atom. The number of pyridine rings is 1. The van der Waals surface area contributed by atoms with Gasteiger partial charge in [0.2, 0.25) is 0 Å². The topological polar surface area (TPSA) is 39.9 Å². The Hall–Kier alpha value is -2.20. The Morgan fingerprint density at radius 1 is 1.10 bits per heavy atom. The molecule has 1 atom stereocenters. The van der Waals surface area contributed by atoms with Crippen LogP contribution in [0.15, 0.2) is 48.7 Å². The molecule has 0 spiro atoms. The highest BCUT2D eigenvalue weighted by Crippen LogP contribution is 2.31. The number of fused-ring (bicyclic) bond motifs is 1. The number of nitrogens with zero attached hydrogens (tertiary/aromatic N) is 3. The summed E-state index contributed by atoms with van der Waals surface area (Å²) in [6, 6.07) is 14.2. The molecular weight excluding hydrogens is 250 g/mol. The molecule has 1 aliphatic rings. The Balaban J connectivity index is 1.98. The molecule has 1 aliphatic heterocycles. The van der Waals surface area contributed by atoms with Gasteiger partial charge in [0.05, 0.1) is 0 Å². The largest absolute Gasteiger partial charge is 0.370 e. The molecule has 1 fully saturated rings. The minimum absolute atomic E-state index is 0.0735. The summed E-state index contributed by atoms with van der Waals surface area (Å²) in [4.78, 5) is 9.24. The van der Waals surface area contributed by atoms with Gasteiger partial charge in [0.1, 0.15) is 17.4 Å². The van der Waals surface area contributed by atoms with Crippen LogP contribution >= 0.6 is 0 Å². The van der Waals surface area contributed by atoms with Crippen LogP contribution in [0, 0.1) is 0 Å². The molecule has 4 rings (SSSR count). The van der Waals surface area contributed by atoms with Crippen LogP contribution in [0.25, 0.3) is 16.9 Å². The SMILES string of the molecule is c1ccc(-n2c(C3CCCO3)nc3cccnc32)cc1. The minimum atomic E-state index is 0.0735. The van der Waals surface area contributed by atoms with E-state index in [1.165, 1.54) is 0 Å². The van der Waals surface area contributed by atoms with Crippen LogP contribution in [0.2, 0.25) is 0 Å². The number of hydrogen-bond acceptors (Lipinski definition) is 3. The number of imidazole rings is 1. The van der Waals surface area contributed by atoms with Crippen LogP contribution in [0.5, 0.6) is 0 Å². The third kappa shape index (κ3) is 1.80. The van der Waals surface area contributed by atoms with Gasteiger partial charge in [-0.15, -0.1) is 0 Å². The summed E-state index contributed by atoms with van der Waals surface area (Å²) in [6.45, 7) is 0.816. The van der Waals surface area contributed by atoms with Crippen LogP contribution in [-0.2, 0) is 4.74 Å². The lowest BCUT2D eigenvalue weighted by Crippen LogP contribution is -2.07. The standard InChI is InChI=1S/C16H15N3O/c1-2-6-12(7-3-1)19-15-13(8-4-10-17-15)18-16(19)14-9-5-11-20-14/h1-4,6-8,10,14H,5,9,11H2. The molecule has 0 N–H and O–H groups in total. The number of hydrogen-bond donors (Lipinski definition) is 0. The second-order valence-corrected chi connectivity index (χ2v) is 4.99. The fraction of sp³-hybridized carbons (Fsp3) is 0.250. The molecule has 0 bridgehead atoms. The van der Waals surface area contributed by atoms with Gasteiger partial charge in [0, 0.05) is 18.5 Å². The Labute approximate surface area is 117 Å². The summed E-state index contributed by atoms with van der Waals surface area (Å²) in [7, 11) is 0. The molecule has 4 heteroatoms. The van der Waals surface area contributed by atoms with E-state index in [4.69, 9.17) is 9.72 Å². The van der Waals surface area contributed by atoms with Gasteiger partial charge in [0.25, 0.3) is 0 Å². The van der Waals surface area contributed by atoms with Crippen LogP contribution in [0.4, 0.5) is 0 Å². The zero-order valence-corrected chi connectivity index (χ0v) is 11.1. The van der Waals surface area contributed by atoms with Gasteiger partial charge in [-0.1, -0.05) is 18.2 Å². The van der Waals surface area contributed by atoms with Crippen molar-refractivity contribution < 1.29 is 4.74 Å². The third-order valence-corrected chi connectivity index (χ3v) is 3.67. The molecule has 0 saturated carbocycles. The number of aromatic nitrogens is 3. The predicted octanol–water partition coefficient (Wildman–Crippen LogP) is 3.27. The van der Waals surface area contributed by atoms with E-state index in [2.05, 4.69) is 21.7 Å². The van der Waals surface area contributed by atoms with Gasteiger partial charge in [-0.3, -0.25) is 4.57 Å². The van der Waals surface area contributed by atoms with Gasteiger partial charge < -0.3 is 4.74 Å². The van der Waals surface area contributed by atoms with Gasteiger partial charge in [-0.2, -0.15) is 0 Å². The molecule has 1 aromatic carbocycles. The first-order valence-electron chi connectivity index (χ1n) is 6.94. The summed E-state index contributed by atoms with van der Waals surface area (Å²) >= 11 is 0. The molecule has 100 valence electrons. The molecular formula is C16H15N3O. The van der Waals surface area contributed by atoms with Gasteiger partial charge in [-0.25, -0.2) is 9.97 Å². The molecule has 1 unspecified atom stereocenters. The van der Waals surface area contributed by atoms with E-state index in [9.17, 15) is 0 Å². The van der Waals surface area contributed by atoms with Crippen molar-refractivity contribution in [3.8, 4) is 5.69 Å².